The molecule has 1 heterocycles. The molecule has 1 aromatic heterocycles. The SMILES string of the molecule is CCCCCNC(=O)c1coc(CN(CCCCC)C(=O)C(CC)c2ccccc2)n1. The van der Waals surface area contributed by atoms with E-state index in [1.807, 2.05) is 42.2 Å². The van der Waals surface area contributed by atoms with Gasteiger partial charge in [-0.15, -0.1) is 0 Å². The lowest BCUT2D eigenvalue weighted by molar-refractivity contribution is -0.134. The van der Waals surface area contributed by atoms with E-state index in [2.05, 4.69) is 24.1 Å². The Balaban J connectivity index is 2.07. The van der Waals surface area contributed by atoms with Gasteiger partial charge < -0.3 is 14.6 Å². The van der Waals surface area contributed by atoms with E-state index in [0.717, 1.165) is 50.5 Å². The van der Waals surface area contributed by atoms with Gasteiger partial charge in [0.05, 0.1) is 12.5 Å². The fourth-order valence-corrected chi connectivity index (χ4v) is 3.60. The van der Waals surface area contributed by atoms with Gasteiger partial charge in [-0.2, -0.15) is 0 Å². The molecule has 6 heteroatoms. The van der Waals surface area contributed by atoms with Crippen molar-refractivity contribution >= 4 is 11.8 Å². The Kier molecular flexibility index (Phi) is 10.8. The number of carbonyl (C=O) groups is 2. The van der Waals surface area contributed by atoms with Gasteiger partial charge in [0.15, 0.2) is 5.69 Å². The number of nitrogens with zero attached hydrogens (tertiary/aromatic N) is 2. The predicted molar refractivity (Wildman–Crippen MR) is 123 cm³/mol. The molecule has 2 rings (SSSR count). The lowest BCUT2D eigenvalue weighted by Crippen LogP contribution is -2.35. The molecule has 6 nitrogen and oxygen atoms in total. The highest BCUT2D eigenvalue weighted by Gasteiger charge is 2.26. The third-order valence-electron chi connectivity index (χ3n) is 5.43. The first-order valence-electron chi connectivity index (χ1n) is 11.7. The van der Waals surface area contributed by atoms with E-state index in [0.29, 0.717) is 19.0 Å². The maximum absolute atomic E-state index is 13.4. The molecule has 1 N–H and O–H groups in total. The highest BCUT2D eigenvalue weighted by molar-refractivity contribution is 5.91. The minimum absolute atomic E-state index is 0.0774. The summed E-state index contributed by atoms with van der Waals surface area (Å²) in [6.45, 7) is 7.86. The number of carbonyl (C=O) groups excluding carboxylic acids is 2. The van der Waals surface area contributed by atoms with Crippen molar-refractivity contribution in [2.24, 2.45) is 0 Å². The molecule has 0 saturated heterocycles. The Bertz CT molecular complexity index is 788. The molecular formula is C25H37N3O3. The van der Waals surface area contributed by atoms with E-state index in [9.17, 15) is 9.59 Å². The minimum atomic E-state index is -0.231. The fourth-order valence-electron chi connectivity index (χ4n) is 3.60. The van der Waals surface area contributed by atoms with E-state index < -0.39 is 0 Å². The summed E-state index contributed by atoms with van der Waals surface area (Å²) in [5.41, 5.74) is 1.29. The van der Waals surface area contributed by atoms with Gasteiger partial charge in [-0.3, -0.25) is 9.59 Å². The van der Waals surface area contributed by atoms with Crippen molar-refractivity contribution in [2.75, 3.05) is 13.1 Å². The highest BCUT2D eigenvalue weighted by atomic mass is 16.3. The van der Waals surface area contributed by atoms with Crippen LogP contribution < -0.4 is 5.32 Å². The average molecular weight is 428 g/mol. The third-order valence-corrected chi connectivity index (χ3v) is 5.43. The summed E-state index contributed by atoms with van der Waals surface area (Å²) in [4.78, 5) is 31.8. The van der Waals surface area contributed by atoms with Crippen molar-refractivity contribution in [1.29, 1.82) is 0 Å². The normalized spacial score (nSPS) is 11.8. The van der Waals surface area contributed by atoms with E-state index in [4.69, 9.17) is 4.42 Å². The molecule has 0 saturated carbocycles. The van der Waals surface area contributed by atoms with Crippen LogP contribution in [0.2, 0.25) is 0 Å². The minimum Gasteiger partial charge on any atom is -0.446 e. The summed E-state index contributed by atoms with van der Waals surface area (Å²) < 4.78 is 5.55. The van der Waals surface area contributed by atoms with Crippen LogP contribution in [0.4, 0.5) is 0 Å². The highest BCUT2D eigenvalue weighted by Crippen LogP contribution is 2.23. The third kappa shape index (κ3) is 7.85. The number of oxazole rings is 1. The molecule has 170 valence electrons. The molecule has 2 amide bonds. The van der Waals surface area contributed by atoms with Crippen LogP contribution in [0, 0.1) is 0 Å². The van der Waals surface area contributed by atoms with Gasteiger partial charge in [0.1, 0.15) is 6.26 Å². The standard InChI is InChI=1S/C25H37N3O3/c1-4-7-12-16-26-24(29)22-19-31-23(27-22)18-28(17-13-8-5-2)25(30)21(6-3)20-14-10-9-11-15-20/h9-11,14-15,19,21H,4-8,12-13,16-18H2,1-3H3,(H,26,29). The molecule has 0 spiro atoms. The number of hydrogen-bond donors (Lipinski definition) is 1. The molecule has 1 aromatic carbocycles. The van der Waals surface area contributed by atoms with Crippen molar-refractivity contribution < 1.29 is 14.0 Å². The first-order chi connectivity index (χ1) is 15.1. The topological polar surface area (TPSA) is 75.4 Å². The Labute approximate surface area is 186 Å². The number of unbranched alkanes of at least 4 members (excludes halogenated alkanes) is 4. The zero-order valence-corrected chi connectivity index (χ0v) is 19.2. The molecule has 0 radical (unpaired) electrons. The number of nitrogens with one attached hydrogen (secondary N) is 1. The molecule has 0 bridgehead atoms. The Morgan fingerprint density at radius 3 is 2.42 bits per heavy atom. The summed E-state index contributed by atoms with van der Waals surface area (Å²) in [6, 6.07) is 9.89. The molecular weight excluding hydrogens is 390 g/mol. The smallest absolute Gasteiger partial charge is 0.273 e. The van der Waals surface area contributed by atoms with Crippen molar-refractivity contribution in [3.63, 3.8) is 0 Å². The molecule has 1 unspecified atom stereocenters. The van der Waals surface area contributed by atoms with Gasteiger partial charge in [0, 0.05) is 13.1 Å². The van der Waals surface area contributed by atoms with Crippen LogP contribution in [-0.4, -0.2) is 34.8 Å². The summed E-state index contributed by atoms with van der Waals surface area (Å²) >= 11 is 0. The Morgan fingerprint density at radius 1 is 1.03 bits per heavy atom. The van der Waals surface area contributed by atoms with Crippen LogP contribution in [0.1, 0.15) is 93.6 Å². The van der Waals surface area contributed by atoms with E-state index >= 15 is 0 Å². The lowest BCUT2D eigenvalue weighted by Gasteiger charge is -2.26. The van der Waals surface area contributed by atoms with Gasteiger partial charge >= 0.3 is 0 Å². The van der Waals surface area contributed by atoms with E-state index in [1.54, 1.807) is 0 Å². The molecule has 0 aliphatic carbocycles. The Hall–Kier alpha value is -2.63. The zero-order chi connectivity index (χ0) is 22.5. The van der Waals surface area contributed by atoms with E-state index in [1.165, 1.54) is 6.26 Å². The largest absolute Gasteiger partial charge is 0.446 e. The van der Waals surface area contributed by atoms with Gasteiger partial charge in [0.25, 0.3) is 5.91 Å². The number of amides is 2. The second-order valence-electron chi connectivity index (χ2n) is 7.93. The molecule has 0 aliphatic heterocycles. The van der Waals surface area contributed by atoms with Crippen molar-refractivity contribution in [1.82, 2.24) is 15.2 Å². The van der Waals surface area contributed by atoms with Crippen LogP contribution >= 0.6 is 0 Å². The van der Waals surface area contributed by atoms with Gasteiger partial charge in [-0.25, -0.2) is 4.98 Å². The molecule has 0 fully saturated rings. The van der Waals surface area contributed by atoms with Gasteiger partial charge in [-0.1, -0.05) is 76.8 Å². The maximum atomic E-state index is 13.4. The van der Waals surface area contributed by atoms with Gasteiger partial charge in [0.2, 0.25) is 11.8 Å². The zero-order valence-electron chi connectivity index (χ0n) is 19.2. The lowest BCUT2D eigenvalue weighted by atomic mass is 9.95. The van der Waals surface area contributed by atoms with Crippen LogP contribution in [0.3, 0.4) is 0 Å². The summed E-state index contributed by atoms with van der Waals surface area (Å²) in [6.07, 6.45) is 8.32. The van der Waals surface area contributed by atoms with Crippen molar-refractivity contribution in [3.8, 4) is 0 Å². The van der Waals surface area contributed by atoms with E-state index in [-0.39, 0.29) is 30.0 Å². The van der Waals surface area contributed by atoms with Crippen LogP contribution in [-0.2, 0) is 11.3 Å². The second kappa shape index (κ2) is 13.6. The molecule has 1 atom stereocenters. The van der Waals surface area contributed by atoms with Crippen LogP contribution in [0.25, 0.3) is 0 Å². The number of aromatic nitrogens is 1. The van der Waals surface area contributed by atoms with Gasteiger partial charge in [-0.05, 0) is 24.8 Å². The Morgan fingerprint density at radius 2 is 1.74 bits per heavy atom. The van der Waals surface area contributed by atoms with Crippen LogP contribution in [0.5, 0.6) is 0 Å². The quantitative estimate of drug-likeness (QED) is 0.415. The molecule has 2 aromatic rings. The van der Waals surface area contributed by atoms with Crippen molar-refractivity contribution in [2.45, 2.75) is 78.2 Å². The molecule has 31 heavy (non-hydrogen) atoms. The average Bonchev–Trinajstić information content (AvgIpc) is 3.26. The first-order valence-corrected chi connectivity index (χ1v) is 11.7. The first kappa shape index (κ1) is 24.6. The maximum Gasteiger partial charge on any atom is 0.273 e. The number of hydrogen-bond acceptors (Lipinski definition) is 4. The second-order valence-corrected chi connectivity index (χ2v) is 7.93. The summed E-state index contributed by atoms with van der Waals surface area (Å²) in [7, 11) is 0. The number of rotatable bonds is 14. The van der Waals surface area contributed by atoms with Crippen molar-refractivity contribution in [3.05, 3.63) is 53.7 Å². The summed E-state index contributed by atoms with van der Waals surface area (Å²) in [5.74, 6) is 0.0462. The number of benzene rings is 1. The van der Waals surface area contributed by atoms with Crippen LogP contribution in [0.15, 0.2) is 41.0 Å². The predicted octanol–water partition coefficient (Wildman–Crippen LogP) is 5.31. The summed E-state index contributed by atoms with van der Waals surface area (Å²) in [5, 5.41) is 2.87. The fraction of sp³-hybridized carbons (Fsp3) is 0.560. The monoisotopic (exact) mass is 427 g/mol. The molecule has 0 aliphatic rings.